The fourth-order valence-corrected chi connectivity index (χ4v) is 3.97. The summed E-state index contributed by atoms with van der Waals surface area (Å²) in [5, 5.41) is 3.40. The molecule has 1 aromatic carbocycles. The van der Waals surface area contributed by atoms with Gasteiger partial charge in [-0.3, -0.25) is 9.69 Å². The van der Waals surface area contributed by atoms with E-state index in [0.717, 1.165) is 57.8 Å². The van der Waals surface area contributed by atoms with Gasteiger partial charge in [-0.1, -0.05) is 13.8 Å². The lowest BCUT2D eigenvalue weighted by Gasteiger charge is -2.32. The van der Waals surface area contributed by atoms with E-state index in [2.05, 4.69) is 48.1 Å². The summed E-state index contributed by atoms with van der Waals surface area (Å²) >= 11 is 0. The molecule has 5 nitrogen and oxygen atoms in total. The third-order valence-electron chi connectivity index (χ3n) is 5.31. The van der Waals surface area contributed by atoms with Gasteiger partial charge in [-0.25, -0.2) is 0 Å². The van der Waals surface area contributed by atoms with Crippen LogP contribution in [0.3, 0.4) is 0 Å². The zero-order valence-corrected chi connectivity index (χ0v) is 15.9. The summed E-state index contributed by atoms with van der Waals surface area (Å²) in [5.41, 5.74) is 1.98. The molecule has 2 saturated heterocycles. The van der Waals surface area contributed by atoms with E-state index in [1.807, 2.05) is 17.0 Å². The number of hydrogen-bond acceptors (Lipinski definition) is 4. The van der Waals surface area contributed by atoms with Gasteiger partial charge in [0.1, 0.15) is 0 Å². The standard InChI is InChI=1S/C20H32N4O/c1-16(2)14-22(3)18-6-4-17(5-7-18)20(25)24-11-8-19(15-24)23-12-9-21-10-13-23/h4-7,16,19,21H,8-15H2,1-3H3. The van der Waals surface area contributed by atoms with Crippen LogP contribution in [0, 0.1) is 5.92 Å². The first-order valence-electron chi connectivity index (χ1n) is 9.60. The number of carbonyl (C=O) groups is 1. The van der Waals surface area contributed by atoms with Crippen LogP contribution in [-0.2, 0) is 0 Å². The van der Waals surface area contributed by atoms with E-state index < -0.39 is 0 Å². The van der Waals surface area contributed by atoms with E-state index in [0.29, 0.717) is 12.0 Å². The van der Waals surface area contributed by atoms with Gasteiger partial charge in [0.05, 0.1) is 0 Å². The highest BCUT2D eigenvalue weighted by Crippen LogP contribution is 2.20. The van der Waals surface area contributed by atoms with Crippen LogP contribution in [0.2, 0.25) is 0 Å². The number of rotatable bonds is 5. The first-order chi connectivity index (χ1) is 12.0. The van der Waals surface area contributed by atoms with E-state index in [9.17, 15) is 4.79 Å². The van der Waals surface area contributed by atoms with E-state index in [1.54, 1.807) is 0 Å². The largest absolute Gasteiger partial charge is 0.374 e. The van der Waals surface area contributed by atoms with Gasteiger partial charge in [-0.05, 0) is 36.6 Å². The molecule has 0 aromatic heterocycles. The summed E-state index contributed by atoms with van der Waals surface area (Å²) in [4.78, 5) is 19.6. The second-order valence-electron chi connectivity index (χ2n) is 7.80. The van der Waals surface area contributed by atoms with Gasteiger partial charge in [-0.2, -0.15) is 0 Å². The van der Waals surface area contributed by atoms with Crippen molar-refractivity contribution >= 4 is 11.6 Å². The van der Waals surface area contributed by atoms with Crippen LogP contribution in [0.15, 0.2) is 24.3 Å². The molecule has 1 atom stereocenters. The van der Waals surface area contributed by atoms with Crippen LogP contribution in [0.4, 0.5) is 5.69 Å². The smallest absolute Gasteiger partial charge is 0.253 e. The number of piperazine rings is 1. The van der Waals surface area contributed by atoms with Gasteiger partial charge in [0, 0.05) is 70.2 Å². The minimum Gasteiger partial charge on any atom is -0.374 e. The molecule has 5 heteroatoms. The summed E-state index contributed by atoms with van der Waals surface area (Å²) in [6, 6.07) is 8.63. The highest BCUT2D eigenvalue weighted by Gasteiger charge is 2.31. The topological polar surface area (TPSA) is 38.8 Å². The lowest BCUT2D eigenvalue weighted by Crippen LogP contribution is -2.49. The fraction of sp³-hybridized carbons (Fsp3) is 0.650. The Hall–Kier alpha value is -1.59. The molecule has 1 N–H and O–H groups in total. The molecule has 1 aromatic rings. The zero-order valence-electron chi connectivity index (χ0n) is 15.9. The second kappa shape index (κ2) is 8.19. The maximum Gasteiger partial charge on any atom is 0.253 e. The van der Waals surface area contributed by atoms with Gasteiger partial charge in [0.2, 0.25) is 0 Å². The van der Waals surface area contributed by atoms with Gasteiger partial charge >= 0.3 is 0 Å². The Balaban J connectivity index is 1.57. The number of nitrogens with one attached hydrogen (secondary N) is 1. The molecule has 2 fully saturated rings. The summed E-state index contributed by atoms with van der Waals surface area (Å²) in [5.74, 6) is 0.800. The predicted molar refractivity (Wildman–Crippen MR) is 103 cm³/mol. The fourth-order valence-electron chi connectivity index (χ4n) is 3.97. The lowest BCUT2D eigenvalue weighted by atomic mass is 10.1. The van der Waals surface area contributed by atoms with Crippen molar-refractivity contribution < 1.29 is 4.79 Å². The van der Waals surface area contributed by atoms with Crippen molar-refractivity contribution in [1.82, 2.24) is 15.1 Å². The third-order valence-corrected chi connectivity index (χ3v) is 5.31. The van der Waals surface area contributed by atoms with Crippen LogP contribution in [0.1, 0.15) is 30.6 Å². The molecule has 3 rings (SSSR count). The first-order valence-corrected chi connectivity index (χ1v) is 9.60. The Labute approximate surface area is 152 Å². The molecular formula is C20H32N4O. The van der Waals surface area contributed by atoms with Crippen molar-refractivity contribution in [2.45, 2.75) is 26.3 Å². The van der Waals surface area contributed by atoms with E-state index >= 15 is 0 Å². The molecule has 0 saturated carbocycles. The van der Waals surface area contributed by atoms with Crippen LogP contribution in [-0.4, -0.2) is 74.6 Å². The van der Waals surface area contributed by atoms with Crippen molar-refractivity contribution in [2.75, 3.05) is 57.8 Å². The molecule has 0 aliphatic carbocycles. The summed E-state index contributed by atoms with van der Waals surface area (Å²) < 4.78 is 0. The Morgan fingerprint density at radius 1 is 1.20 bits per heavy atom. The van der Waals surface area contributed by atoms with E-state index in [1.165, 1.54) is 5.69 Å². The Bertz CT molecular complexity index is 566. The van der Waals surface area contributed by atoms with Crippen LogP contribution in [0.25, 0.3) is 0 Å². The van der Waals surface area contributed by atoms with E-state index in [-0.39, 0.29) is 5.91 Å². The summed E-state index contributed by atoms with van der Waals surface area (Å²) in [6.07, 6.45) is 1.10. The van der Waals surface area contributed by atoms with Crippen molar-refractivity contribution in [1.29, 1.82) is 0 Å². The van der Waals surface area contributed by atoms with E-state index in [4.69, 9.17) is 0 Å². The highest BCUT2D eigenvalue weighted by molar-refractivity contribution is 5.94. The number of hydrogen-bond donors (Lipinski definition) is 1. The number of likely N-dealkylation sites (tertiary alicyclic amines) is 1. The summed E-state index contributed by atoms with van der Waals surface area (Å²) in [7, 11) is 2.11. The molecule has 0 radical (unpaired) electrons. The molecule has 138 valence electrons. The van der Waals surface area contributed by atoms with Crippen LogP contribution in [0.5, 0.6) is 0 Å². The average molecular weight is 345 g/mol. The van der Waals surface area contributed by atoms with Crippen molar-refractivity contribution in [3.05, 3.63) is 29.8 Å². The van der Waals surface area contributed by atoms with Crippen LogP contribution < -0.4 is 10.2 Å². The minimum atomic E-state index is 0.177. The SMILES string of the molecule is CC(C)CN(C)c1ccc(C(=O)N2CCC(N3CCNCC3)C2)cc1. The molecule has 0 spiro atoms. The van der Waals surface area contributed by atoms with Crippen LogP contribution >= 0.6 is 0 Å². The molecule has 2 aliphatic heterocycles. The zero-order chi connectivity index (χ0) is 17.8. The third kappa shape index (κ3) is 4.53. The van der Waals surface area contributed by atoms with Gasteiger partial charge < -0.3 is 15.1 Å². The monoisotopic (exact) mass is 344 g/mol. The van der Waals surface area contributed by atoms with Crippen molar-refractivity contribution in [3.63, 3.8) is 0 Å². The van der Waals surface area contributed by atoms with Gasteiger partial charge in [-0.15, -0.1) is 0 Å². The molecule has 1 amide bonds. The molecule has 2 heterocycles. The van der Waals surface area contributed by atoms with Gasteiger partial charge in [0.25, 0.3) is 5.91 Å². The second-order valence-corrected chi connectivity index (χ2v) is 7.80. The minimum absolute atomic E-state index is 0.177. The normalized spacial score (nSPS) is 21.8. The van der Waals surface area contributed by atoms with Crippen molar-refractivity contribution in [2.24, 2.45) is 5.92 Å². The molecular weight excluding hydrogens is 312 g/mol. The molecule has 25 heavy (non-hydrogen) atoms. The maximum absolute atomic E-state index is 12.8. The Morgan fingerprint density at radius 3 is 2.52 bits per heavy atom. The lowest BCUT2D eigenvalue weighted by molar-refractivity contribution is 0.0773. The van der Waals surface area contributed by atoms with Crippen molar-refractivity contribution in [3.8, 4) is 0 Å². The summed E-state index contributed by atoms with van der Waals surface area (Å²) in [6.45, 7) is 11.5. The average Bonchev–Trinajstić information content (AvgIpc) is 3.11. The predicted octanol–water partition coefficient (Wildman–Crippen LogP) is 1.90. The Morgan fingerprint density at radius 2 is 1.88 bits per heavy atom. The molecule has 2 aliphatic rings. The number of amides is 1. The maximum atomic E-state index is 12.8. The first kappa shape index (κ1) is 18.2. The highest BCUT2D eigenvalue weighted by atomic mass is 16.2. The number of anilines is 1. The quantitative estimate of drug-likeness (QED) is 0.885. The molecule has 1 unspecified atom stereocenters. The number of benzene rings is 1. The number of nitrogens with zero attached hydrogens (tertiary/aromatic N) is 3. The molecule has 0 bridgehead atoms. The van der Waals surface area contributed by atoms with Gasteiger partial charge in [0.15, 0.2) is 0 Å². The Kier molecular flexibility index (Phi) is 5.97. The number of carbonyl (C=O) groups excluding carboxylic acids is 1.